The number of halogens is 1. The van der Waals surface area contributed by atoms with Gasteiger partial charge in [0.25, 0.3) is 0 Å². The number of fused-ring (bicyclic) bond motifs is 1. The minimum absolute atomic E-state index is 0.120. The van der Waals surface area contributed by atoms with Crippen LogP contribution in [0.3, 0.4) is 0 Å². The third-order valence-electron chi connectivity index (χ3n) is 2.36. The van der Waals surface area contributed by atoms with Crippen LogP contribution in [0.4, 0.5) is 0 Å². The van der Waals surface area contributed by atoms with Gasteiger partial charge in [-0.3, -0.25) is 4.40 Å². The molecule has 2 N–H and O–H groups in total. The maximum Gasteiger partial charge on any atom is 0.138 e. The first-order chi connectivity index (χ1) is 7.09. The number of nitrogens with zero attached hydrogens (tertiary/aromatic N) is 2. The lowest BCUT2D eigenvalue weighted by Gasteiger charge is -2.08. The number of hydrogen-bond donors (Lipinski definition) is 1. The van der Waals surface area contributed by atoms with Gasteiger partial charge in [0.1, 0.15) is 10.8 Å². The molecule has 2 heterocycles. The molecule has 2 rings (SSSR count). The van der Waals surface area contributed by atoms with Crippen LogP contribution in [0, 0.1) is 6.92 Å². The van der Waals surface area contributed by atoms with Crippen molar-refractivity contribution >= 4 is 17.2 Å². The maximum atomic E-state index is 6.19. The molecule has 0 aliphatic carbocycles. The van der Waals surface area contributed by atoms with Crippen LogP contribution in [0.25, 0.3) is 5.65 Å². The lowest BCUT2D eigenvalue weighted by Crippen LogP contribution is -2.19. The molecule has 2 aromatic heterocycles. The van der Waals surface area contributed by atoms with Gasteiger partial charge in [-0.05, 0) is 26.0 Å². The van der Waals surface area contributed by atoms with Crippen LogP contribution < -0.4 is 5.73 Å². The summed E-state index contributed by atoms with van der Waals surface area (Å²) in [6.07, 6.45) is 0.798. The van der Waals surface area contributed by atoms with E-state index >= 15 is 0 Å². The van der Waals surface area contributed by atoms with Crippen molar-refractivity contribution in [2.24, 2.45) is 5.73 Å². The highest BCUT2D eigenvalue weighted by Gasteiger charge is 2.10. The largest absolute Gasteiger partial charge is 0.328 e. The zero-order chi connectivity index (χ0) is 11.0. The zero-order valence-electron chi connectivity index (χ0n) is 8.87. The van der Waals surface area contributed by atoms with E-state index in [0.29, 0.717) is 5.15 Å². The van der Waals surface area contributed by atoms with Crippen molar-refractivity contribution < 1.29 is 0 Å². The van der Waals surface area contributed by atoms with Crippen LogP contribution in [0.15, 0.2) is 18.2 Å². The minimum atomic E-state index is 0.120. The Morgan fingerprint density at radius 3 is 2.93 bits per heavy atom. The first-order valence-electron chi connectivity index (χ1n) is 4.97. The molecule has 15 heavy (non-hydrogen) atoms. The molecule has 0 spiro atoms. The Morgan fingerprint density at radius 2 is 2.27 bits per heavy atom. The van der Waals surface area contributed by atoms with Crippen LogP contribution in [0.5, 0.6) is 0 Å². The highest BCUT2D eigenvalue weighted by atomic mass is 35.5. The molecule has 0 aliphatic rings. The molecule has 0 saturated carbocycles. The quantitative estimate of drug-likeness (QED) is 0.848. The fourth-order valence-electron chi connectivity index (χ4n) is 1.72. The van der Waals surface area contributed by atoms with Crippen LogP contribution in [-0.4, -0.2) is 15.4 Å². The minimum Gasteiger partial charge on any atom is -0.328 e. The number of hydrogen-bond acceptors (Lipinski definition) is 2. The molecule has 0 amide bonds. The van der Waals surface area contributed by atoms with E-state index < -0.39 is 0 Å². The van der Waals surface area contributed by atoms with Crippen molar-refractivity contribution in [3.8, 4) is 0 Å². The van der Waals surface area contributed by atoms with Crippen molar-refractivity contribution in [1.29, 1.82) is 0 Å². The third kappa shape index (κ3) is 1.85. The second-order valence-corrected chi connectivity index (χ2v) is 4.24. The maximum absolute atomic E-state index is 6.19. The molecule has 3 nitrogen and oxygen atoms in total. The Hall–Kier alpha value is -1.06. The molecule has 2 aromatic rings. The Bertz CT molecular complexity index is 488. The first-order valence-corrected chi connectivity index (χ1v) is 5.35. The topological polar surface area (TPSA) is 43.3 Å². The van der Waals surface area contributed by atoms with E-state index in [9.17, 15) is 0 Å². The van der Waals surface area contributed by atoms with E-state index in [0.717, 1.165) is 23.5 Å². The summed E-state index contributed by atoms with van der Waals surface area (Å²) in [6, 6.07) is 6.08. The van der Waals surface area contributed by atoms with Gasteiger partial charge in [-0.2, -0.15) is 0 Å². The molecule has 0 aliphatic heterocycles. The third-order valence-corrected chi connectivity index (χ3v) is 2.80. The van der Waals surface area contributed by atoms with Crippen LogP contribution >= 0.6 is 11.6 Å². The summed E-state index contributed by atoms with van der Waals surface area (Å²) in [6.45, 7) is 3.89. The van der Waals surface area contributed by atoms with Crippen molar-refractivity contribution in [2.45, 2.75) is 26.3 Å². The summed E-state index contributed by atoms with van der Waals surface area (Å²) >= 11 is 6.19. The molecule has 0 bridgehead atoms. The molecule has 1 unspecified atom stereocenters. The molecular weight excluding hydrogens is 210 g/mol. The van der Waals surface area contributed by atoms with Gasteiger partial charge in [0, 0.05) is 18.2 Å². The molecule has 0 aromatic carbocycles. The number of imidazole rings is 1. The Balaban J connectivity index is 2.63. The molecule has 0 saturated heterocycles. The highest BCUT2D eigenvalue weighted by Crippen LogP contribution is 2.20. The number of aromatic nitrogens is 2. The second-order valence-electron chi connectivity index (χ2n) is 3.88. The van der Waals surface area contributed by atoms with Crippen LogP contribution in [-0.2, 0) is 6.42 Å². The second kappa shape index (κ2) is 3.83. The van der Waals surface area contributed by atoms with Gasteiger partial charge < -0.3 is 5.73 Å². The average Bonchev–Trinajstić information content (AvgIpc) is 2.43. The summed E-state index contributed by atoms with van der Waals surface area (Å²) in [7, 11) is 0. The van der Waals surface area contributed by atoms with Gasteiger partial charge in [0.2, 0.25) is 0 Å². The molecule has 80 valence electrons. The van der Waals surface area contributed by atoms with Crippen LogP contribution in [0.1, 0.15) is 18.3 Å². The Labute approximate surface area is 93.9 Å². The van der Waals surface area contributed by atoms with Gasteiger partial charge in [-0.25, -0.2) is 4.98 Å². The van der Waals surface area contributed by atoms with E-state index in [1.807, 2.05) is 36.4 Å². The number of nitrogens with two attached hydrogens (primary N) is 1. The zero-order valence-corrected chi connectivity index (χ0v) is 9.62. The molecule has 0 fully saturated rings. The van der Waals surface area contributed by atoms with Crippen molar-refractivity contribution in [3.63, 3.8) is 0 Å². The normalized spacial score (nSPS) is 13.3. The van der Waals surface area contributed by atoms with E-state index in [1.54, 1.807) is 0 Å². The standard InChI is InChI=1S/C11H14ClN3/c1-7(13)6-9-4-3-5-10-14-8(2)11(12)15(9)10/h3-5,7H,6,13H2,1-2H3. The van der Waals surface area contributed by atoms with E-state index in [-0.39, 0.29) is 6.04 Å². The van der Waals surface area contributed by atoms with Gasteiger partial charge in [0.15, 0.2) is 0 Å². The number of pyridine rings is 1. The smallest absolute Gasteiger partial charge is 0.138 e. The van der Waals surface area contributed by atoms with Crippen molar-refractivity contribution in [1.82, 2.24) is 9.38 Å². The Kier molecular flexibility index (Phi) is 2.67. The lowest BCUT2D eigenvalue weighted by atomic mass is 10.2. The van der Waals surface area contributed by atoms with Crippen molar-refractivity contribution in [2.75, 3.05) is 0 Å². The molecule has 0 radical (unpaired) electrons. The summed E-state index contributed by atoms with van der Waals surface area (Å²) in [5, 5.41) is 0.682. The SMILES string of the molecule is Cc1nc2cccc(CC(C)N)n2c1Cl. The summed E-state index contributed by atoms with van der Waals surface area (Å²) in [5.74, 6) is 0. The van der Waals surface area contributed by atoms with Gasteiger partial charge in [-0.1, -0.05) is 17.7 Å². The van der Waals surface area contributed by atoms with Gasteiger partial charge in [0.05, 0.1) is 5.69 Å². The lowest BCUT2D eigenvalue weighted by molar-refractivity contribution is 0.714. The van der Waals surface area contributed by atoms with E-state index in [4.69, 9.17) is 17.3 Å². The summed E-state index contributed by atoms with van der Waals surface area (Å²) in [4.78, 5) is 4.37. The van der Waals surface area contributed by atoms with Crippen LogP contribution in [0.2, 0.25) is 5.15 Å². The molecular formula is C11H14ClN3. The van der Waals surface area contributed by atoms with Gasteiger partial charge in [-0.15, -0.1) is 0 Å². The van der Waals surface area contributed by atoms with Gasteiger partial charge >= 0.3 is 0 Å². The fourth-order valence-corrected chi connectivity index (χ4v) is 1.96. The molecule has 4 heteroatoms. The summed E-state index contributed by atoms with van der Waals surface area (Å²) < 4.78 is 1.96. The predicted molar refractivity (Wildman–Crippen MR) is 62.3 cm³/mol. The summed E-state index contributed by atoms with van der Waals surface area (Å²) in [5.41, 5.74) is 8.64. The number of rotatable bonds is 2. The van der Waals surface area contributed by atoms with E-state index in [2.05, 4.69) is 4.98 Å². The molecule has 1 atom stereocenters. The monoisotopic (exact) mass is 223 g/mol. The predicted octanol–water partition coefficient (Wildman–Crippen LogP) is 2.19. The first kappa shape index (κ1) is 10.5. The number of aryl methyl sites for hydroxylation is 1. The fraction of sp³-hybridized carbons (Fsp3) is 0.364. The highest BCUT2D eigenvalue weighted by molar-refractivity contribution is 6.30. The van der Waals surface area contributed by atoms with E-state index in [1.165, 1.54) is 0 Å². The average molecular weight is 224 g/mol. The Morgan fingerprint density at radius 1 is 1.53 bits per heavy atom. The van der Waals surface area contributed by atoms with Crippen molar-refractivity contribution in [3.05, 3.63) is 34.7 Å².